The molecule has 1 N–H and O–H groups in total. The number of hydrogen-bond donors (Lipinski definition) is 1. The molecule has 0 spiro atoms. The molecule has 1 aromatic rings. The van der Waals surface area contributed by atoms with Gasteiger partial charge in [-0.1, -0.05) is 6.07 Å². The molecule has 0 aliphatic rings. The number of carbonyl (C=O) groups is 1. The molecule has 0 aliphatic carbocycles. The third-order valence-corrected chi connectivity index (χ3v) is 1.97. The highest BCUT2D eigenvalue weighted by Gasteiger charge is 2.28. The van der Waals surface area contributed by atoms with E-state index in [1.54, 1.807) is 0 Å². The van der Waals surface area contributed by atoms with Gasteiger partial charge < -0.3 is 5.32 Å². The number of rotatable bonds is 2. The topological polar surface area (TPSA) is 29.1 Å². The van der Waals surface area contributed by atoms with Gasteiger partial charge in [0.2, 0.25) is 0 Å². The molecule has 0 unspecified atom stereocenters. The fourth-order valence-corrected chi connectivity index (χ4v) is 1.10. The van der Waals surface area contributed by atoms with Gasteiger partial charge >= 0.3 is 6.18 Å². The van der Waals surface area contributed by atoms with Gasteiger partial charge in [-0.3, -0.25) is 4.79 Å². The number of hydrogen-bond acceptors (Lipinski definition) is 1. The fourth-order valence-electron chi connectivity index (χ4n) is 1.10. The van der Waals surface area contributed by atoms with Crippen molar-refractivity contribution in [3.63, 3.8) is 0 Å². The quantitative estimate of drug-likeness (QED) is 0.806. The molecule has 0 saturated carbocycles. The van der Waals surface area contributed by atoms with Crippen LogP contribution < -0.4 is 5.32 Å². The zero-order valence-electron chi connectivity index (χ0n) is 8.66. The second kappa shape index (κ2) is 4.68. The standard InChI is InChI=1S/C10H8F5NO/c1-5-2-3-6(8(12)7(5)11)9(17)16-4-10(13,14)15/h2-3H,4H2,1H3,(H,16,17). The highest BCUT2D eigenvalue weighted by molar-refractivity contribution is 5.94. The van der Waals surface area contributed by atoms with Crippen LogP contribution in [0.15, 0.2) is 12.1 Å². The molecule has 0 saturated heterocycles. The first kappa shape index (κ1) is 13.4. The number of alkyl halides is 3. The first-order valence-electron chi connectivity index (χ1n) is 4.52. The van der Waals surface area contributed by atoms with Crippen molar-refractivity contribution in [3.05, 3.63) is 34.9 Å². The molecule has 94 valence electrons. The summed E-state index contributed by atoms with van der Waals surface area (Å²) in [6, 6.07) is 2.04. The van der Waals surface area contributed by atoms with Crippen LogP contribution in [0.4, 0.5) is 22.0 Å². The van der Waals surface area contributed by atoms with Crippen molar-refractivity contribution in [1.82, 2.24) is 5.32 Å². The van der Waals surface area contributed by atoms with E-state index in [9.17, 15) is 26.7 Å². The van der Waals surface area contributed by atoms with Crippen LogP contribution in [0, 0.1) is 18.6 Å². The summed E-state index contributed by atoms with van der Waals surface area (Å²) in [7, 11) is 0. The van der Waals surface area contributed by atoms with Gasteiger partial charge in [0, 0.05) is 0 Å². The Balaban J connectivity index is 2.87. The zero-order chi connectivity index (χ0) is 13.2. The molecule has 0 aliphatic heterocycles. The summed E-state index contributed by atoms with van der Waals surface area (Å²) in [6.45, 7) is -0.323. The van der Waals surface area contributed by atoms with Crippen LogP contribution in [-0.2, 0) is 0 Å². The first-order valence-corrected chi connectivity index (χ1v) is 4.52. The molecular formula is C10H8F5NO. The Morgan fingerprint density at radius 3 is 2.35 bits per heavy atom. The summed E-state index contributed by atoms with van der Waals surface area (Å²) in [5, 5.41) is 1.46. The molecule has 0 aromatic heterocycles. The highest BCUT2D eigenvalue weighted by atomic mass is 19.4. The van der Waals surface area contributed by atoms with E-state index in [0.29, 0.717) is 0 Å². The molecule has 17 heavy (non-hydrogen) atoms. The molecule has 0 bridgehead atoms. The Morgan fingerprint density at radius 1 is 1.24 bits per heavy atom. The highest BCUT2D eigenvalue weighted by Crippen LogP contribution is 2.17. The lowest BCUT2D eigenvalue weighted by atomic mass is 10.1. The number of nitrogens with one attached hydrogen (secondary N) is 1. The van der Waals surface area contributed by atoms with E-state index < -0.39 is 35.8 Å². The normalized spacial score (nSPS) is 11.4. The minimum Gasteiger partial charge on any atom is -0.343 e. The van der Waals surface area contributed by atoms with Gasteiger partial charge in [-0.15, -0.1) is 0 Å². The van der Waals surface area contributed by atoms with Crippen LogP contribution >= 0.6 is 0 Å². The Labute approximate surface area is 93.4 Å². The van der Waals surface area contributed by atoms with Crippen molar-refractivity contribution < 1.29 is 26.7 Å². The van der Waals surface area contributed by atoms with E-state index in [0.717, 1.165) is 12.1 Å². The van der Waals surface area contributed by atoms with Crippen molar-refractivity contribution in [2.45, 2.75) is 13.1 Å². The fraction of sp³-hybridized carbons (Fsp3) is 0.300. The van der Waals surface area contributed by atoms with Crippen LogP contribution in [0.2, 0.25) is 0 Å². The lowest BCUT2D eigenvalue weighted by Crippen LogP contribution is -2.34. The SMILES string of the molecule is Cc1ccc(C(=O)NCC(F)(F)F)c(F)c1F. The van der Waals surface area contributed by atoms with Crippen LogP contribution in [0.5, 0.6) is 0 Å². The summed E-state index contributed by atoms with van der Waals surface area (Å²) >= 11 is 0. The first-order chi connectivity index (χ1) is 7.72. The molecule has 7 heteroatoms. The van der Waals surface area contributed by atoms with Crippen LogP contribution in [0.3, 0.4) is 0 Å². The van der Waals surface area contributed by atoms with Crippen LogP contribution in [0.1, 0.15) is 15.9 Å². The minimum atomic E-state index is -4.60. The molecule has 1 aromatic carbocycles. The molecule has 0 fully saturated rings. The molecule has 0 radical (unpaired) electrons. The molecule has 0 heterocycles. The molecule has 0 atom stereocenters. The van der Waals surface area contributed by atoms with E-state index >= 15 is 0 Å². The smallest absolute Gasteiger partial charge is 0.343 e. The molecule has 2 nitrogen and oxygen atoms in total. The second-order valence-corrected chi connectivity index (χ2v) is 3.36. The van der Waals surface area contributed by atoms with E-state index in [1.807, 2.05) is 0 Å². The summed E-state index contributed by atoms with van der Waals surface area (Å²) in [5.41, 5.74) is -0.785. The second-order valence-electron chi connectivity index (χ2n) is 3.36. The maximum absolute atomic E-state index is 13.2. The van der Waals surface area contributed by atoms with E-state index in [2.05, 4.69) is 0 Å². The average molecular weight is 253 g/mol. The van der Waals surface area contributed by atoms with Crippen molar-refractivity contribution in [2.75, 3.05) is 6.54 Å². The largest absolute Gasteiger partial charge is 0.405 e. The van der Waals surface area contributed by atoms with Gasteiger partial charge in [-0.2, -0.15) is 13.2 Å². The molecule has 1 rings (SSSR count). The van der Waals surface area contributed by atoms with E-state index in [-0.39, 0.29) is 5.56 Å². The summed E-state index contributed by atoms with van der Waals surface area (Å²) in [6.07, 6.45) is -4.60. The van der Waals surface area contributed by atoms with E-state index in [1.165, 1.54) is 12.2 Å². The van der Waals surface area contributed by atoms with Gasteiger partial charge in [0.1, 0.15) is 6.54 Å². The van der Waals surface area contributed by atoms with Crippen molar-refractivity contribution in [3.8, 4) is 0 Å². The average Bonchev–Trinajstić information content (AvgIpc) is 2.22. The maximum Gasteiger partial charge on any atom is 0.405 e. The third-order valence-electron chi connectivity index (χ3n) is 1.97. The van der Waals surface area contributed by atoms with Crippen molar-refractivity contribution in [2.24, 2.45) is 0 Å². The Hall–Kier alpha value is -1.66. The molecular weight excluding hydrogens is 245 g/mol. The van der Waals surface area contributed by atoms with Crippen molar-refractivity contribution in [1.29, 1.82) is 0 Å². The summed E-state index contributed by atoms with van der Waals surface area (Å²) in [5.74, 6) is -4.01. The Bertz CT molecular complexity index is 441. The van der Waals surface area contributed by atoms with Gasteiger partial charge in [0.15, 0.2) is 11.6 Å². The van der Waals surface area contributed by atoms with Gasteiger partial charge in [-0.25, -0.2) is 8.78 Å². The zero-order valence-corrected chi connectivity index (χ0v) is 8.66. The van der Waals surface area contributed by atoms with Crippen molar-refractivity contribution >= 4 is 5.91 Å². The third kappa shape index (κ3) is 3.40. The predicted octanol–water partition coefficient (Wildman–Crippen LogP) is 2.57. The molecule has 1 amide bonds. The predicted molar refractivity (Wildman–Crippen MR) is 49.5 cm³/mol. The van der Waals surface area contributed by atoms with E-state index in [4.69, 9.17) is 0 Å². The van der Waals surface area contributed by atoms with Crippen LogP contribution in [0.25, 0.3) is 0 Å². The summed E-state index contributed by atoms with van der Waals surface area (Å²) < 4.78 is 61.6. The maximum atomic E-state index is 13.2. The lowest BCUT2D eigenvalue weighted by Gasteiger charge is -2.09. The Kier molecular flexibility index (Phi) is 3.69. The number of aryl methyl sites for hydroxylation is 1. The van der Waals surface area contributed by atoms with Gasteiger partial charge in [0.25, 0.3) is 5.91 Å². The van der Waals surface area contributed by atoms with Gasteiger partial charge in [-0.05, 0) is 18.6 Å². The summed E-state index contributed by atoms with van der Waals surface area (Å²) in [4.78, 5) is 11.2. The Morgan fingerprint density at radius 2 is 1.82 bits per heavy atom. The monoisotopic (exact) mass is 253 g/mol. The lowest BCUT2D eigenvalue weighted by molar-refractivity contribution is -0.123. The number of carbonyl (C=O) groups excluding carboxylic acids is 1. The van der Waals surface area contributed by atoms with Gasteiger partial charge in [0.05, 0.1) is 5.56 Å². The number of amides is 1. The number of halogens is 5. The van der Waals surface area contributed by atoms with Crippen LogP contribution in [-0.4, -0.2) is 18.6 Å². The minimum absolute atomic E-state index is 0.0325. The number of benzene rings is 1.